The number of hydrogen-bond acceptors (Lipinski definition) is 5. The van der Waals surface area contributed by atoms with Crippen molar-refractivity contribution < 1.29 is 14.5 Å². The highest BCUT2D eigenvalue weighted by atomic mass is 16.5. The van der Waals surface area contributed by atoms with Gasteiger partial charge in [0.1, 0.15) is 6.54 Å². The van der Waals surface area contributed by atoms with Crippen LogP contribution in [0.3, 0.4) is 0 Å². The number of ether oxygens (including phenoxy) is 1. The number of aryl methyl sites for hydroxylation is 2. The number of morpholine rings is 1. The van der Waals surface area contributed by atoms with E-state index in [-0.39, 0.29) is 5.69 Å². The van der Waals surface area contributed by atoms with Crippen molar-refractivity contribution in [2.24, 2.45) is 4.99 Å². The second kappa shape index (κ2) is 9.28. The van der Waals surface area contributed by atoms with Gasteiger partial charge in [-0.2, -0.15) is 4.68 Å². The van der Waals surface area contributed by atoms with E-state index in [1.54, 1.807) is 16.8 Å². The highest BCUT2D eigenvalue weighted by molar-refractivity contribution is 5.88. The van der Waals surface area contributed by atoms with Gasteiger partial charge in [-0.05, 0) is 38.1 Å². The molecular formula is C23H27N5O3. The molecule has 162 valence electrons. The van der Waals surface area contributed by atoms with Crippen molar-refractivity contribution >= 4 is 11.6 Å². The SMILES string of the molecule is Cc1ccc(N=C([O-])c2c(=O)n(-c3ccc(C)cc3)[nH][n+]2CCN2CCOCC2)cc1. The van der Waals surface area contributed by atoms with E-state index >= 15 is 0 Å². The number of aromatic nitrogens is 3. The standard InChI is InChI=1S/C23H27N5O3/c1-17-3-7-19(8-4-17)24-22(29)21-23(30)28(20-9-5-18(2)6-10-20)25-27(21)12-11-26-13-15-31-16-14-26/h3-10H,11-16H2,1-2H3,(H-,24,25,29,30). The van der Waals surface area contributed by atoms with Gasteiger partial charge in [0.15, 0.2) is 5.69 Å². The fraction of sp³-hybridized carbons (Fsp3) is 0.348. The molecule has 4 rings (SSSR count). The van der Waals surface area contributed by atoms with Crippen LogP contribution in [0.2, 0.25) is 0 Å². The van der Waals surface area contributed by atoms with Crippen LogP contribution in [0.1, 0.15) is 16.8 Å². The van der Waals surface area contributed by atoms with E-state index in [0.29, 0.717) is 37.7 Å². The molecule has 0 saturated carbocycles. The molecule has 8 heteroatoms. The number of aliphatic imine (C=N–C) groups is 1. The van der Waals surface area contributed by atoms with Crippen molar-refractivity contribution in [1.29, 1.82) is 0 Å². The predicted molar refractivity (Wildman–Crippen MR) is 116 cm³/mol. The normalized spacial score (nSPS) is 15.4. The smallest absolute Gasteiger partial charge is 0.406 e. The van der Waals surface area contributed by atoms with Crippen molar-refractivity contribution in [2.75, 3.05) is 32.8 Å². The average molecular weight is 422 g/mol. The van der Waals surface area contributed by atoms with Gasteiger partial charge in [0.05, 0.1) is 18.9 Å². The zero-order valence-electron chi connectivity index (χ0n) is 17.9. The third-order valence-corrected chi connectivity index (χ3v) is 5.40. The zero-order valence-corrected chi connectivity index (χ0v) is 17.9. The lowest BCUT2D eigenvalue weighted by Gasteiger charge is -2.25. The first-order valence-electron chi connectivity index (χ1n) is 10.5. The number of H-pyrrole nitrogens is 1. The van der Waals surface area contributed by atoms with Crippen LogP contribution >= 0.6 is 0 Å². The Morgan fingerprint density at radius 3 is 2.32 bits per heavy atom. The Hall–Kier alpha value is -3.23. The van der Waals surface area contributed by atoms with Gasteiger partial charge in [0.25, 0.3) is 0 Å². The van der Waals surface area contributed by atoms with Gasteiger partial charge < -0.3 is 9.84 Å². The summed E-state index contributed by atoms with van der Waals surface area (Å²) in [6.07, 6.45) is 0. The van der Waals surface area contributed by atoms with E-state index in [4.69, 9.17) is 4.74 Å². The van der Waals surface area contributed by atoms with E-state index < -0.39 is 11.5 Å². The van der Waals surface area contributed by atoms with E-state index in [0.717, 1.165) is 24.2 Å². The third-order valence-electron chi connectivity index (χ3n) is 5.40. The van der Waals surface area contributed by atoms with Gasteiger partial charge in [-0.3, -0.25) is 9.89 Å². The van der Waals surface area contributed by atoms with Gasteiger partial charge in [-0.25, -0.2) is 4.79 Å². The number of hydrogen-bond donors (Lipinski definition) is 1. The molecule has 1 saturated heterocycles. The highest BCUT2D eigenvalue weighted by Gasteiger charge is 2.24. The van der Waals surface area contributed by atoms with Gasteiger partial charge >= 0.3 is 5.56 Å². The molecule has 8 nitrogen and oxygen atoms in total. The molecule has 1 aliphatic heterocycles. The molecule has 0 amide bonds. The van der Waals surface area contributed by atoms with E-state index in [9.17, 15) is 9.90 Å². The quantitative estimate of drug-likeness (QED) is 0.363. The minimum atomic E-state index is -0.557. The van der Waals surface area contributed by atoms with Gasteiger partial charge in [0, 0.05) is 25.5 Å². The molecule has 31 heavy (non-hydrogen) atoms. The largest absolute Gasteiger partial charge is 0.855 e. The number of aromatic amines is 1. The molecule has 1 fully saturated rings. The summed E-state index contributed by atoms with van der Waals surface area (Å²) in [5, 5.41) is 16.1. The Morgan fingerprint density at radius 1 is 1.06 bits per heavy atom. The maximum Gasteiger partial charge on any atom is 0.406 e. The van der Waals surface area contributed by atoms with Gasteiger partial charge in [-0.1, -0.05) is 45.3 Å². The molecule has 1 aliphatic rings. The minimum absolute atomic E-state index is 0.0226. The van der Waals surface area contributed by atoms with Crippen LogP contribution < -0.4 is 15.3 Å². The Labute approximate surface area is 181 Å². The average Bonchev–Trinajstić information content (AvgIpc) is 3.11. The first-order chi connectivity index (χ1) is 15.0. The van der Waals surface area contributed by atoms with Crippen LogP contribution in [0.4, 0.5) is 5.69 Å². The molecule has 0 aliphatic carbocycles. The molecule has 3 aromatic rings. The van der Waals surface area contributed by atoms with Crippen molar-refractivity contribution in [3.05, 3.63) is 75.7 Å². The summed E-state index contributed by atoms with van der Waals surface area (Å²) in [6, 6.07) is 14.9. The number of nitrogens with zero attached hydrogens (tertiary/aromatic N) is 4. The van der Waals surface area contributed by atoms with E-state index in [1.165, 1.54) is 4.68 Å². The van der Waals surface area contributed by atoms with Crippen LogP contribution in [0.5, 0.6) is 0 Å². The number of benzene rings is 2. The van der Waals surface area contributed by atoms with E-state index in [1.807, 2.05) is 50.2 Å². The van der Waals surface area contributed by atoms with Crippen LogP contribution in [0.15, 0.2) is 58.3 Å². The van der Waals surface area contributed by atoms with E-state index in [2.05, 4.69) is 15.1 Å². The zero-order chi connectivity index (χ0) is 21.8. The molecule has 2 heterocycles. The minimum Gasteiger partial charge on any atom is -0.855 e. The second-order valence-electron chi connectivity index (χ2n) is 7.78. The van der Waals surface area contributed by atoms with Crippen molar-refractivity contribution in [2.45, 2.75) is 20.4 Å². The second-order valence-corrected chi connectivity index (χ2v) is 7.78. The maximum atomic E-state index is 13.2. The lowest BCUT2D eigenvalue weighted by molar-refractivity contribution is -0.756. The summed E-state index contributed by atoms with van der Waals surface area (Å²) in [7, 11) is 0. The number of rotatable bonds is 6. The Kier molecular flexibility index (Phi) is 6.29. The molecular weight excluding hydrogens is 394 g/mol. The first-order valence-corrected chi connectivity index (χ1v) is 10.5. The van der Waals surface area contributed by atoms with Crippen LogP contribution in [-0.2, 0) is 11.3 Å². The van der Waals surface area contributed by atoms with Crippen molar-refractivity contribution in [3.63, 3.8) is 0 Å². The summed E-state index contributed by atoms with van der Waals surface area (Å²) in [4.78, 5) is 19.6. The fourth-order valence-corrected chi connectivity index (χ4v) is 3.53. The molecule has 2 aromatic carbocycles. The fourth-order valence-electron chi connectivity index (χ4n) is 3.53. The summed E-state index contributed by atoms with van der Waals surface area (Å²) >= 11 is 0. The molecule has 1 aromatic heterocycles. The first kappa shape index (κ1) is 21.0. The Morgan fingerprint density at radius 2 is 1.68 bits per heavy atom. The Bertz CT molecular complexity index is 1110. The topological polar surface area (TPSA) is 89.6 Å². The third kappa shape index (κ3) is 4.92. The highest BCUT2D eigenvalue weighted by Crippen LogP contribution is 2.13. The van der Waals surface area contributed by atoms with Crippen LogP contribution in [0.25, 0.3) is 5.69 Å². The maximum absolute atomic E-state index is 13.2. The summed E-state index contributed by atoms with van der Waals surface area (Å²) in [5.41, 5.74) is 2.98. The lowest BCUT2D eigenvalue weighted by atomic mass is 10.2. The summed E-state index contributed by atoms with van der Waals surface area (Å²) in [6.45, 7) is 8.18. The van der Waals surface area contributed by atoms with Crippen molar-refractivity contribution in [1.82, 2.24) is 14.8 Å². The lowest BCUT2D eigenvalue weighted by Crippen LogP contribution is -2.51. The number of nitrogens with one attached hydrogen (secondary N) is 1. The van der Waals surface area contributed by atoms with Crippen LogP contribution in [-0.4, -0.2) is 53.5 Å². The molecule has 0 spiro atoms. The predicted octanol–water partition coefficient (Wildman–Crippen LogP) is 0.841. The Balaban J connectivity index is 1.70. The monoisotopic (exact) mass is 421 g/mol. The summed E-state index contributed by atoms with van der Waals surface area (Å²) in [5.74, 6) is -0.557. The molecule has 0 unspecified atom stereocenters. The van der Waals surface area contributed by atoms with Gasteiger partial charge in [-0.15, -0.1) is 0 Å². The van der Waals surface area contributed by atoms with Crippen molar-refractivity contribution in [3.8, 4) is 5.69 Å². The molecule has 0 atom stereocenters. The molecule has 0 bridgehead atoms. The molecule has 1 N–H and O–H groups in total. The van der Waals surface area contributed by atoms with Gasteiger partial charge in [0.2, 0.25) is 5.69 Å². The van der Waals surface area contributed by atoms with Crippen LogP contribution in [0, 0.1) is 13.8 Å². The summed E-state index contributed by atoms with van der Waals surface area (Å²) < 4.78 is 8.41. The molecule has 0 radical (unpaired) electrons.